The Morgan fingerprint density at radius 1 is 1.69 bits per heavy atom. The number of nitrogens with one attached hydrogen (secondary N) is 1. The van der Waals surface area contributed by atoms with Crippen LogP contribution in [0.4, 0.5) is 0 Å². The van der Waals surface area contributed by atoms with E-state index in [4.69, 9.17) is 9.84 Å². The number of hydrogen-bond acceptors (Lipinski definition) is 4. The number of likely N-dealkylation sites (N-methyl/N-ethyl adjacent to an activating group) is 1. The second kappa shape index (κ2) is 5.54. The Morgan fingerprint density at radius 3 is 3.08 bits per heavy atom. The van der Waals surface area contributed by atoms with Gasteiger partial charge in [-0.1, -0.05) is 0 Å². The lowest BCUT2D eigenvalue weighted by molar-refractivity contribution is -0.0189. The van der Waals surface area contributed by atoms with Gasteiger partial charge in [0, 0.05) is 26.2 Å². The second-order valence-electron chi connectivity index (χ2n) is 3.76. The van der Waals surface area contributed by atoms with E-state index in [1.54, 1.807) is 6.92 Å². The van der Waals surface area contributed by atoms with Gasteiger partial charge in [0.05, 0.1) is 18.8 Å². The largest absolute Gasteiger partial charge is 0.392 e. The molecule has 0 spiro atoms. The first-order chi connectivity index (χ1) is 6.18. The lowest BCUT2D eigenvalue weighted by Crippen LogP contribution is -2.45. The summed E-state index contributed by atoms with van der Waals surface area (Å²) in [6.45, 7) is 6.07. The zero-order valence-corrected chi connectivity index (χ0v) is 8.49. The second-order valence-corrected chi connectivity index (χ2v) is 3.76. The summed E-state index contributed by atoms with van der Waals surface area (Å²) in [4.78, 5) is 2.26. The lowest BCUT2D eigenvalue weighted by atomic mass is 10.3. The van der Waals surface area contributed by atoms with Crippen LogP contribution < -0.4 is 5.32 Å². The van der Waals surface area contributed by atoms with Crippen LogP contribution in [0, 0.1) is 0 Å². The maximum Gasteiger partial charge on any atom is 0.0826 e. The van der Waals surface area contributed by atoms with E-state index in [-0.39, 0.29) is 12.2 Å². The maximum absolute atomic E-state index is 9.02. The maximum atomic E-state index is 9.02. The van der Waals surface area contributed by atoms with Crippen molar-refractivity contribution in [2.24, 2.45) is 0 Å². The molecular formula is C9H20N2O2. The van der Waals surface area contributed by atoms with Crippen molar-refractivity contribution >= 4 is 0 Å². The standard InChI is InChI=1S/C9H20N2O2/c1-8(12)5-10-6-9-7-11(2)3-4-13-9/h8-10,12H,3-7H2,1-2H3. The Kier molecular flexibility index (Phi) is 4.66. The first kappa shape index (κ1) is 10.9. The summed E-state index contributed by atoms with van der Waals surface area (Å²) in [5, 5.41) is 12.2. The van der Waals surface area contributed by atoms with Gasteiger partial charge in [0.2, 0.25) is 0 Å². The number of morpholine rings is 1. The minimum atomic E-state index is -0.277. The molecule has 4 heteroatoms. The molecule has 1 rings (SSSR count). The van der Waals surface area contributed by atoms with Crippen LogP contribution in [0.25, 0.3) is 0 Å². The molecule has 1 saturated heterocycles. The quantitative estimate of drug-likeness (QED) is 0.611. The normalized spacial score (nSPS) is 27.5. The Balaban J connectivity index is 2.06. The molecule has 2 atom stereocenters. The topological polar surface area (TPSA) is 44.7 Å². The molecule has 0 saturated carbocycles. The van der Waals surface area contributed by atoms with Crippen LogP contribution in [0.15, 0.2) is 0 Å². The molecule has 13 heavy (non-hydrogen) atoms. The summed E-state index contributed by atoms with van der Waals surface area (Å²) >= 11 is 0. The van der Waals surface area contributed by atoms with E-state index in [2.05, 4.69) is 17.3 Å². The average Bonchev–Trinajstić information content (AvgIpc) is 2.03. The number of nitrogens with zero attached hydrogens (tertiary/aromatic N) is 1. The molecule has 0 aromatic rings. The predicted octanol–water partition coefficient (Wildman–Crippen LogP) is -0.713. The molecule has 0 radical (unpaired) electrons. The van der Waals surface area contributed by atoms with Gasteiger partial charge < -0.3 is 20.1 Å². The molecule has 0 amide bonds. The molecular weight excluding hydrogens is 168 g/mol. The van der Waals surface area contributed by atoms with Crippen molar-refractivity contribution in [1.82, 2.24) is 10.2 Å². The molecule has 0 bridgehead atoms. The summed E-state index contributed by atoms with van der Waals surface area (Å²) in [5.74, 6) is 0. The molecule has 2 unspecified atom stereocenters. The lowest BCUT2D eigenvalue weighted by Gasteiger charge is -2.30. The Morgan fingerprint density at radius 2 is 2.46 bits per heavy atom. The first-order valence-electron chi connectivity index (χ1n) is 4.87. The highest BCUT2D eigenvalue weighted by molar-refractivity contribution is 4.71. The van der Waals surface area contributed by atoms with Gasteiger partial charge in [-0.05, 0) is 14.0 Å². The van der Waals surface area contributed by atoms with Crippen LogP contribution >= 0.6 is 0 Å². The molecule has 0 aliphatic carbocycles. The fourth-order valence-corrected chi connectivity index (χ4v) is 1.44. The monoisotopic (exact) mass is 188 g/mol. The van der Waals surface area contributed by atoms with Crippen molar-refractivity contribution in [3.05, 3.63) is 0 Å². The minimum Gasteiger partial charge on any atom is -0.392 e. The Labute approximate surface area is 79.9 Å². The van der Waals surface area contributed by atoms with Gasteiger partial charge in [0.25, 0.3) is 0 Å². The van der Waals surface area contributed by atoms with Crippen LogP contribution in [-0.4, -0.2) is 62.0 Å². The third kappa shape index (κ3) is 4.57. The van der Waals surface area contributed by atoms with Gasteiger partial charge >= 0.3 is 0 Å². The number of hydrogen-bond donors (Lipinski definition) is 2. The summed E-state index contributed by atoms with van der Waals surface area (Å²) in [5.41, 5.74) is 0. The van der Waals surface area contributed by atoms with Crippen molar-refractivity contribution < 1.29 is 9.84 Å². The molecule has 1 aliphatic rings. The molecule has 0 aromatic carbocycles. The van der Waals surface area contributed by atoms with Gasteiger partial charge in [0.1, 0.15) is 0 Å². The summed E-state index contributed by atoms with van der Waals surface area (Å²) in [6, 6.07) is 0. The average molecular weight is 188 g/mol. The number of aliphatic hydroxyl groups is 1. The third-order valence-corrected chi connectivity index (χ3v) is 2.15. The smallest absolute Gasteiger partial charge is 0.0826 e. The summed E-state index contributed by atoms with van der Waals surface area (Å²) in [7, 11) is 2.10. The Hall–Kier alpha value is -0.160. The molecule has 0 aromatic heterocycles. The molecule has 78 valence electrons. The van der Waals surface area contributed by atoms with Gasteiger partial charge in [-0.2, -0.15) is 0 Å². The van der Waals surface area contributed by atoms with E-state index in [9.17, 15) is 0 Å². The number of aliphatic hydroxyl groups excluding tert-OH is 1. The zero-order valence-electron chi connectivity index (χ0n) is 8.49. The highest BCUT2D eigenvalue weighted by Gasteiger charge is 2.16. The highest BCUT2D eigenvalue weighted by Crippen LogP contribution is 2.01. The molecule has 1 heterocycles. The van der Waals surface area contributed by atoms with Crippen molar-refractivity contribution in [1.29, 1.82) is 0 Å². The Bertz CT molecular complexity index is 142. The van der Waals surface area contributed by atoms with Crippen LogP contribution in [-0.2, 0) is 4.74 Å². The van der Waals surface area contributed by atoms with Crippen molar-refractivity contribution in [3.63, 3.8) is 0 Å². The fraction of sp³-hybridized carbons (Fsp3) is 1.00. The fourth-order valence-electron chi connectivity index (χ4n) is 1.44. The van der Waals surface area contributed by atoms with Crippen molar-refractivity contribution in [2.45, 2.75) is 19.1 Å². The minimum absolute atomic E-state index is 0.275. The molecule has 1 aliphatic heterocycles. The SMILES string of the molecule is CC(O)CNCC1CN(C)CCO1. The summed E-state index contributed by atoms with van der Waals surface area (Å²) < 4.78 is 5.54. The van der Waals surface area contributed by atoms with E-state index in [1.165, 1.54) is 0 Å². The predicted molar refractivity (Wildman–Crippen MR) is 51.8 cm³/mol. The van der Waals surface area contributed by atoms with Crippen LogP contribution in [0.2, 0.25) is 0 Å². The third-order valence-electron chi connectivity index (χ3n) is 2.15. The highest BCUT2D eigenvalue weighted by atomic mass is 16.5. The number of rotatable bonds is 4. The molecule has 1 fully saturated rings. The van der Waals surface area contributed by atoms with Gasteiger partial charge in [-0.15, -0.1) is 0 Å². The van der Waals surface area contributed by atoms with E-state index in [1.807, 2.05) is 0 Å². The van der Waals surface area contributed by atoms with Crippen LogP contribution in [0.1, 0.15) is 6.92 Å². The van der Waals surface area contributed by atoms with E-state index in [0.29, 0.717) is 6.54 Å². The van der Waals surface area contributed by atoms with Gasteiger partial charge in [-0.3, -0.25) is 0 Å². The number of ether oxygens (including phenoxy) is 1. The first-order valence-corrected chi connectivity index (χ1v) is 4.87. The van der Waals surface area contributed by atoms with Crippen molar-refractivity contribution in [2.75, 3.05) is 39.8 Å². The summed E-state index contributed by atoms with van der Waals surface area (Å²) in [6.07, 6.45) is -0.00109. The van der Waals surface area contributed by atoms with Crippen LogP contribution in [0.3, 0.4) is 0 Å². The zero-order chi connectivity index (χ0) is 9.68. The molecule has 2 N–H and O–H groups in total. The van der Waals surface area contributed by atoms with Gasteiger partial charge in [-0.25, -0.2) is 0 Å². The molecule has 4 nitrogen and oxygen atoms in total. The van der Waals surface area contributed by atoms with E-state index >= 15 is 0 Å². The van der Waals surface area contributed by atoms with Crippen molar-refractivity contribution in [3.8, 4) is 0 Å². The van der Waals surface area contributed by atoms with E-state index in [0.717, 1.165) is 26.2 Å². The van der Waals surface area contributed by atoms with E-state index < -0.39 is 0 Å². The van der Waals surface area contributed by atoms with Gasteiger partial charge in [0.15, 0.2) is 0 Å². The van der Waals surface area contributed by atoms with Crippen LogP contribution in [0.5, 0.6) is 0 Å².